The molecule has 1 aromatic heterocycles. The highest BCUT2D eigenvalue weighted by Crippen LogP contribution is 2.54. The highest BCUT2D eigenvalue weighted by Gasteiger charge is 2.48. The summed E-state index contributed by atoms with van der Waals surface area (Å²) in [6.07, 6.45) is 11.3. The molecule has 0 aliphatic heterocycles. The molecule has 0 amide bonds. The Kier molecular flexibility index (Phi) is 3.11. The first-order valence-electron chi connectivity index (χ1n) is 8.05. The summed E-state index contributed by atoms with van der Waals surface area (Å²) < 4.78 is 8.27. The number of imidazole rings is 1. The SMILES string of the molecule is Cn1ccnc1C(N)COC1C2CC3CC(C2)CC1C3. The molecule has 2 N–H and O–H groups in total. The summed E-state index contributed by atoms with van der Waals surface area (Å²) in [5.74, 6) is 4.54. The smallest absolute Gasteiger partial charge is 0.127 e. The molecule has 4 aliphatic rings. The van der Waals surface area contributed by atoms with Crippen LogP contribution < -0.4 is 5.73 Å². The van der Waals surface area contributed by atoms with E-state index in [-0.39, 0.29) is 6.04 Å². The van der Waals surface area contributed by atoms with Crippen molar-refractivity contribution in [3.05, 3.63) is 18.2 Å². The number of nitrogens with two attached hydrogens (primary N) is 1. The second-order valence-electron chi connectivity index (χ2n) is 7.23. The van der Waals surface area contributed by atoms with Gasteiger partial charge in [0.15, 0.2) is 0 Å². The Morgan fingerprint density at radius 2 is 1.90 bits per heavy atom. The first-order chi connectivity index (χ1) is 9.70. The summed E-state index contributed by atoms with van der Waals surface area (Å²) in [5.41, 5.74) is 6.24. The van der Waals surface area contributed by atoms with Crippen molar-refractivity contribution >= 4 is 0 Å². The normalized spacial score (nSPS) is 40.2. The topological polar surface area (TPSA) is 53.1 Å². The van der Waals surface area contributed by atoms with E-state index in [1.807, 2.05) is 17.8 Å². The van der Waals surface area contributed by atoms with E-state index in [1.54, 1.807) is 6.20 Å². The lowest BCUT2D eigenvalue weighted by atomic mass is 9.55. The van der Waals surface area contributed by atoms with Crippen LogP contribution in [0.15, 0.2) is 12.4 Å². The van der Waals surface area contributed by atoms with Crippen molar-refractivity contribution in [2.24, 2.45) is 36.5 Å². The summed E-state index contributed by atoms with van der Waals surface area (Å²) in [6.45, 7) is 0.609. The van der Waals surface area contributed by atoms with Crippen molar-refractivity contribution < 1.29 is 4.74 Å². The summed E-state index contributed by atoms with van der Waals surface area (Å²) in [5, 5.41) is 0. The Morgan fingerprint density at radius 1 is 1.25 bits per heavy atom. The van der Waals surface area contributed by atoms with Crippen molar-refractivity contribution in [1.82, 2.24) is 9.55 Å². The summed E-state index contributed by atoms with van der Waals surface area (Å²) in [4.78, 5) is 4.33. The van der Waals surface area contributed by atoms with Gasteiger partial charge in [0, 0.05) is 19.4 Å². The minimum atomic E-state index is -0.104. The minimum absolute atomic E-state index is 0.104. The highest BCUT2D eigenvalue weighted by atomic mass is 16.5. The van der Waals surface area contributed by atoms with Gasteiger partial charge in [-0.25, -0.2) is 4.98 Å². The van der Waals surface area contributed by atoms with Crippen molar-refractivity contribution in [2.75, 3.05) is 6.61 Å². The molecule has 0 radical (unpaired) electrons. The number of hydrogen-bond acceptors (Lipinski definition) is 3. The molecule has 0 saturated heterocycles. The first kappa shape index (κ1) is 12.8. The van der Waals surface area contributed by atoms with Crippen molar-refractivity contribution in [2.45, 2.75) is 44.2 Å². The maximum Gasteiger partial charge on any atom is 0.127 e. The molecule has 1 heterocycles. The first-order valence-corrected chi connectivity index (χ1v) is 8.05. The fraction of sp³-hybridized carbons (Fsp3) is 0.812. The monoisotopic (exact) mass is 275 g/mol. The third-order valence-corrected chi connectivity index (χ3v) is 5.80. The Labute approximate surface area is 120 Å². The van der Waals surface area contributed by atoms with Gasteiger partial charge in [0.25, 0.3) is 0 Å². The van der Waals surface area contributed by atoms with Crippen LogP contribution in [-0.4, -0.2) is 22.3 Å². The van der Waals surface area contributed by atoms with E-state index in [4.69, 9.17) is 10.5 Å². The van der Waals surface area contributed by atoms with E-state index in [0.717, 1.165) is 29.5 Å². The third kappa shape index (κ3) is 2.09. The van der Waals surface area contributed by atoms with Crippen LogP contribution in [0.4, 0.5) is 0 Å². The Balaban J connectivity index is 1.39. The number of nitrogens with zero attached hydrogens (tertiary/aromatic N) is 2. The van der Waals surface area contributed by atoms with Crippen LogP contribution in [0.1, 0.15) is 44.0 Å². The van der Waals surface area contributed by atoms with Crippen LogP contribution in [0.5, 0.6) is 0 Å². The van der Waals surface area contributed by atoms with Crippen molar-refractivity contribution in [3.8, 4) is 0 Å². The lowest BCUT2D eigenvalue weighted by Crippen LogP contribution is -2.49. The average Bonchev–Trinajstić information content (AvgIpc) is 2.83. The molecule has 4 aliphatic carbocycles. The molecule has 4 fully saturated rings. The number of aromatic nitrogens is 2. The second kappa shape index (κ2) is 4.85. The van der Waals surface area contributed by atoms with Gasteiger partial charge >= 0.3 is 0 Å². The fourth-order valence-electron chi connectivity index (χ4n) is 5.17. The predicted molar refractivity (Wildman–Crippen MR) is 76.9 cm³/mol. The van der Waals surface area contributed by atoms with E-state index in [9.17, 15) is 0 Å². The standard InChI is InChI=1S/C16H25N3O/c1-19-3-2-18-16(19)14(17)9-20-15-12-5-10-4-11(7-12)8-13(15)6-10/h2-3,10-15H,4-9,17H2,1H3. The molecule has 4 nitrogen and oxygen atoms in total. The van der Waals surface area contributed by atoms with E-state index in [2.05, 4.69) is 4.98 Å². The third-order valence-electron chi connectivity index (χ3n) is 5.80. The molecule has 0 aromatic carbocycles. The van der Waals surface area contributed by atoms with Gasteiger partial charge in [0.1, 0.15) is 5.82 Å². The maximum absolute atomic E-state index is 6.28. The van der Waals surface area contributed by atoms with Crippen LogP contribution in [0.2, 0.25) is 0 Å². The molecule has 1 aromatic rings. The van der Waals surface area contributed by atoms with Gasteiger partial charge in [-0.15, -0.1) is 0 Å². The summed E-state index contributed by atoms with van der Waals surface area (Å²) in [7, 11) is 1.99. The second-order valence-corrected chi connectivity index (χ2v) is 7.23. The number of rotatable bonds is 4. The van der Waals surface area contributed by atoms with E-state index < -0.39 is 0 Å². The van der Waals surface area contributed by atoms with E-state index in [0.29, 0.717) is 12.7 Å². The van der Waals surface area contributed by atoms with Crippen molar-refractivity contribution in [3.63, 3.8) is 0 Å². The molecular formula is C16H25N3O. The molecule has 4 saturated carbocycles. The Hall–Kier alpha value is -0.870. The molecule has 1 unspecified atom stereocenters. The van der Waals surface area contributed by atoms with Gasteiger partial charge in [-0.3, -0.25) is 0 Å². The van der Waals surface area contributed by atoms with Crippen LogP contribution in [0.25, 0.3) is 0 Å². The van der Waals surface area contributed by atoms with Gasteiger partial charge in [-0.05, 0) is 55.8 Å². The minimum Gasteiger partial charge on any atom is -0.376 e. The zero-order valence-corrected chi connectivity index (χ0v) is 12.2. The predicted octanol–water partition coefficient (Wildman–Crippen LogP) is 2.26. The zero-order valence-electron chi connectivity index (χ0n) is 12.2. The van der Waals surface area contributed by atoms with Crippen molar-refractivity contribution in [1.29, 1.82) is 0 Å². The number of aryl methyl sites for hydroxylation is 1. The van der Waals surface area contributed by atoms with Crippen LogP contribution in [0.3, 0.4) is 0 Å². The van der Waals surface area contributed by atoms with Gasteiger partial charge in [0.2, 0.25) is 0 Å². The fourth-order valence-corrected chi connectivity index (χ4v) is 5.17. The number of hydrogen-bond donors (Lipinski definition) is 1. The molecule has 4 bridgehead atoms. The molecule has 20 heavy (non-hydrogen) atoms. The molecule has 1 atom stereocenters. The lowest BCUT2D eigenvalue weighted by molar-refractivity contribution is -0.128. The van der Waals surface area contributed by atoms with E-state index >= 15 is 0 Å². The summed E-state index contributed by atoms with van der Waals surface area (Å²) >= 11 is 0. The highest BCUT2D eigenvalue weighted by molar-refractivity contribution is 5.00. The van der Waals surface area contributed by atoms with E-state index in [1.165, 1.54) is 32.1 Å². The summed E-state index contributed by atoms with van der Waals surface area (Å²) in [6, 6.07) is -0.104. The zero-order chi connectivity index (χ0) is 13.7. The molecular weight excluding hydrogens is 250 g/mol. The number of ether oxygens (including phenoxy) is 1. The van der Waals surface area contributed by atoms with Crippen LogP contribution in [-0.2, 0) is 11.8 Å². The Bertz CT molecular complexity index is 456. The molecule has 0 spiro atoms. The Morgan fingerprint density at radius 3 is 2.45 bits per heavy atom. The molecule has 4 heteroatoms. The van der Waals surface area contributed by atoms with Gasteiger partial charge in [-0.2, -0.15) is 0 Å². The van der Waals surface area contributed by atoms with Gasteiger partial charge < -0.3 is 15.0 Å². The van der Waals surface area contributed by atoms with Crippen LogP contribution >= 0.6 is 0 Å². The van der Waals surface area contributed by atoms with Gasteiger partial charge in [-0.1, -0.05) is 0 Å². The van der Waals surface area contributed by atoms with Gasteiger partial charge in [0.05, 0.1) is 18.8 Å². The molecule has 110 valence electrons. The quantitative estimate of drug-likeness (QED) is 0.917. The van der Waals surface area contributed by atoms with Crippen LogP contribution in [0, 0.1) is 23.7 Å². The maximum atomic E-state index is 6.28. The lowest BCUT2D eigenvalue weighted by Gasteiger charge is -2.54. The average molecular weight is 275 g/mol. The largest absolute Gasteiger partial charge is 0.376 e. The molecule has 5 rings (SSSR count).